The molecule has 1 saturated heterocycles. The lowest BCUT2D eigenvalue weighted by molar-refractivity contribution is 0.143. The fourth-order valence-corrected chi connectivity index (χ4v) is 4.66. The Bertz CT molecular complexity index is 471. The normalized spacial score (nSPS) is 23.7. The van der Waals surface area contributed by atoms with Crippen LogP contribution in [-0.2, 0) is 0 Å². The second kappa shape index (κ2) is 7.82. The Balaban J connectivity index is 1.47. The average Bonchev–Trinajstić information content (AvgIpc) is 2.56. The first kappa shape index (κ1) is 16.3. The van der Waals surface area contributed by atoms with E-state index in [9.17, 15) is 0 Å². The van der Waals surface area contributed by atoms with Crippen LogP contribution in [0.2, 0.25) is 0 Å². The zero-order valence-corrected chi connectivity index (χ0v) is 14.8. The molecule has 2 aliphatic rings. The molecule has 22 heavy (non-hydrogen) atoms. The lowest BCUT2D eigenvalue weighted by Gasteiger charge is -2.35. The van der Waals surface area contributed by atoms with E-state index in [2.05, 4.69) is 53.1 Å². The third kappa shape index (κ3) is 4.05. The molecule has 0 amide bonds. The van der Waals surface area contributed by atoms with Gasteiger partial charge in [-0.25, -0.2) is 0 Å². The van der Waals surface area contributed by atoms with Crippen LogP contribution < -0.4 is 0 Å². The van der Waals surface area contributed by atoms with Crippen LogP contribution in [0, 0.1) is 0 Å². The first-order valence-corrected chi connectivity index (χ1v) is 9.55. The van der Waals surface area contributed by atoms with Crippen molar-refractivity contribution in [1.29, 1.82) is 0 Å². The number of benzene rings is 1. The van der Waals surface area contributed by atoms with E-state index in [0.717, 1.165) is 0 Å². The molecule has 0 saturated carbocycles. The van der Waals surface area contributed by atoms with E-state index in [1.807, 2.05) is 11.8 Å². The van der Waals surface area contributed by atoms with Crippen molar-refractivity contribution in [1.82, 2.24) is 14.7 Å². The Morgan fingerprint density at radius 1 is 1.18 bits per heavy atom. The summed E-state index contributed by atoms with van der Waals surface area (Å²) < 4.78 is 0. The van der Waals surface area contributed by atoms with Gasteiger partial charge in [-0.2, -0.15) is 0 Å². The van der Waals surface area contributed by atoms with E-state index in [0.29, 0.717) is 6.04 Å². The van der Waals surface area contributed by atoms with E-state index >= 15 is 0 Å². The van der Waals surface area contributed by atoms with Crippen molar-refractivity contribution in [3.8, 4) is 0 Å². The summed E-state index contributed by atoms with van der Waals surface area (Å²) in [6.07, 6.45) is 2.57. The number of hydrogen-bond donors (Lipinski definition) is 0. The van der Waals surface area contributed by atoms with Gasteiger partial charge in [0.05, 0.1) is 0 Å². The standard InChI is InChI=1S/C18H29N3S/c1-19-11-13-21(14-12-19)10-5-9-20(2)17-8-15-22-18-7-4-3-6-16(17)18/h3-4,6-7,17H,5,8-15H2,1-2H3. The summed E-state index contributed by atoms with van der Waals surface area (Å²) in [6.45, 7) is 7.38. The molecule has 1 atom stereocenters. The lowest BCUT2D eigenvalue weighted by Crippen LogP contribution is -2.45. The highest BCUT2D eigenvalue weighted by molar-refractivity contribution is 7.99. The van der Waals surface area contributed by atoms with Gasteiger partial charge in [-0.3, -0.25) is 4.90 Å². The van der Waals surface area contributed by atoms with E-state index in [-0.39, 0.29) is 0 Å². The van der Waals surface area contributed by atoms with Gasteiger partial charge in [-0.05, 0) is 57.4 Å². The minimum absolute atomic E-state index is 0.616. The van der Waals surface area contributed by atoms with Crippen LogP contribution in [-0.4, -0.2) is 73.8 Å². The van der Waals surface area contributed by atoms with Gasteiger partial charge in [0, 0.05) is 37.1 Å². The summed E-state index contributed by atoms with van der Waals surface area (Å²) in [5, 5.41) is 0. The highest BCUT2D eigenvalue weighted by atomic mass is 32.2. The highest BCUT2D eigenvalue weighted by Gasteiger charge is 2.23. The van der Waals surface area contributed by atoms with Gasteiger partial charge in [-0.15, -0.1) is 11.8 Å². The summed E-state index contributed by atoms with van der Waals surface area (Å²) in [5.41, 5.74) is 1.54. The van der Waals surface area contributed by atoms with Crippen LogP contribution in [0.15, 0.2) is 29.2 Å². The molecule has 2 heterocycles. The van der Waals surface area contributed by atoms with Crippen LogP contribution >= 0.6 is 11.8 Å². The molecule has 1 aromatic carbocycles. The molecule has 0 spiro atoms. The fourth-order valence-electron chi connectivity index (χ4n) is 3.55. The van der Waals surface area contributed by atoms with E-state index < -0.39 is 0 Å². The van der Waals surface area contributed by atoms with Crippen molar-refractivity contribution in [3.63, 3.8) is 0 Å². The van der Waals surface area contributed by atoms with Gasteiger partial charge in [-0.1, -0.05) is 18.2 Å². The van der Waals surface area contributed by atoms with Crippen molar-refractivity contribution in [2.24, 2.45) is 0 Å². The number of nitrogens with zero attached hydrogens (tertiary/aromatic N) is 3. The van der Waals surface area contributed by atoms with Crippen molar-refractivity contribution >= 4 is 11.8 Å². The largest absolute Gasteiger partial charge is 0.304 e. The molecule has 0 aromatic heterocycles. The predicted octanol–water partition coefficient (Wildman–Crippen LogP) is 2.79. The number of likely N-dealkylation sites (N-methyl/N-ethyl adjacent to an activating group) is 1. The highest BCUT2D eigenvalue weighted by Crippen LogP contribution is 2.38. The lowest BCUT2D eigenvalue weighted by atomic mass is 10.0. The molecule has 122 valence electrons. The summed E-state index contributed by atoms with van der Waals surface area (Å²) in [7, 11) is 4.53. The number of piperazine rings is 1. The van der Waals surface area contributed by atoms with Crippen LogP contribution in [0.1, 0.15) is 24.4 Å². The van der Waals surface area contributed by atoms with Crippen LogP contribution in [0.3, 0.4) is 0 Å². The molecule has 1 aromatic rings. The molecule has 3 nitrogen and oxygen atoms in total. The van der Waals surface area contributed by atoms with Gasteiger partial charge in [0.25, 0.3) is 0 Å². The number of fused-ring (bicyclic) bond motifs is 1. The van der Waals surface area contributed by atoms with Gasteiger partial charge >= 0.3 is 0 Å². The second-order valence-corrected chi connectivity index (χ2v) is 7.81. The Labute approximate surface area is 139 Å². The second-order valence-electron chi connectivity index (χ2n) is 6.67. The molecule has 3 rings (SSSR count). The fraction of sp³-hybridized carbons (Fsp3) is 0.667. The van der Waals surface area contributed by atoms with Crippen molar-refractivity contribution < 1.29 is 0 Å². The number of hydrogen-bond acceptors (Lipinski definition) is 4. The van der Waals surface area contributed by atoms with Gasteiger partial charge in [0.2, 0.25) is 0 Å². The van der Waals surface area contributed by atoms with Crippen LogP contribution in [0.5, 0.6) is 0 Å². The van der Waals surface area contributed by atoms with Crippen molar-refractivity contribution in [3.05, 3.63) is 29.8 Å². The Morgan fingerprint density at radius 3 is 2.77 bits per heavy atom. The molecular formula is C18H29N3S. The minimum atomic E-state index is 0.616. The Morgan fingerprint density at radius 2 is 1.95 bits per heavy atom. The average molecular weight is 320 g/mol. The predicted molar refractivity (Wildman–Crippen MR) is 95.7 cm³/mol. The zero-order valence-electron chi connectivity index (χ0n) is 14.0. The molecule has 0 aliphatic carbocycles. The van der Waals surface area contributed by atoms with E-state index in [1.54, 1.807) is 5.56 Å². The first-order chi connectivity index (χ1) is 10.7. The summed E-state index contributed by atoms with van der Waals surface area (Å²) in [4.78, 5) is 9.12. The van der Waals surface area contributed by atoms with Crippen molar-refractivity contribution in [2.45, 2.75) is 23.8 Å². The van der Waals surface area contributed by atoms with Crippen molar-refractivity contribution in [2.75, 3.05) is 59.1 Å². The van der Waals surface area contributed by atoms with Gasteiger partial charge in [0.1, 0.15) is 0 Å². The first-order valence-electron chi connectivity index (χ1n) is 8.57. The van der Waals surface area contributed by atoms with E-state index in [1.165, 1.54) is 62.8 Å². The molecule has 0 radical (unpaired) electrons. The third-order valence-electron chi connectivity index (χ3n) is 5.04. The maximum atomic E-state index is 2.62. The van der Waals surface area contributed by atoms with Crippen LogP contribution in [0.25, 0.3) is 0 Å². The number of thioether (sulfide) groups is 1. The molecule has 2 aliphatic heterocycles. The maximum Gasteiger partial charge on any atom is 0.0364 e. The van der Waals surface area contributed by atoms with Gasteiger partial charge in [0.15, 0.2) is 0 Å². The third-order valence-corrected chi connectivity index (χ3v) is 6.16. The Kier molecular flexibility index (Phi) is 5.80. The smallest absolute Gasteiger partial charge is 0.0364 e. The van der Waals surface area contributed by atoms with Crippen LogP contribution in [0.4, 0.5) is 0 Å². The summed E-state index contributed by atoms with van der Waals surface area (Å²) in [6, 6.07) is 9.58. The summed E-state index contributed by atoms with van der Waals surface area (Å²) in [5.74, 6) is 1.25. The minimum Gasteiger partial charge on any atom is -0.304 e. The zero-order chi connectivity index (χ0) is 15.4. The molecular weight excluding hydrogens is 290 g/mol. The molecule has 0 N–H and O–H groups in total. The SMILES string of the molecule is CN1CCN(CCCN(C)C2CCSc3ccccc32)CC1. The monoisotopic (exact) mass is 319 g/mol. The molecule has 1 unspecified atom stereocenters. The molecule has 0 bridgehead atoms. The molecule has 1 fully saturated rings. The number of rotatable bonds is 5. The van der Waals surface area contributed by atoms with Gasteiger partial charge < -0.3 is 9.80 Å². The molecule has 4 heteroatoms. The maximum absolute atomic E-state index is 2.62. The van der Waals surface area contributed by atoms with E-state index in [4.69, 9.17) is 0 Å². The Hall–Kier alpha value is -0.550. The summed E-state index contributed by atoms with van der Waals surface area (Å²) >= 11 is 2.02. The quantitative estimate of drug-likeness (QED) is 0.825. The topological polar surface area (TPSA) is 9.72 Å².